The van der Waals surface area contributed by atoms with Gasteiger partial charge in [0.25, 0.3) is 0 Å². The summed E-state index contributed by atoms with van der Waals surface area (Å²) in [6, 6.07) is 5.27. The van der Waals surface area contributed by atoms with Crippen molar-refractivity contribution in [2.75, 3.05) is 11.9 Å². The van der Waals surface area contributed by atoms with Crippen LogP contribution in [-0.4, -0.2) is 23.7 Å². The Morgan fingerprint density at radius 2 is 2.06 bits per heavy atom. The Kier molecular flexibility index (Phi) is 4.35. The van der Waals surface area contributed by atoms with E-state index in [0.717, 1.165) is 11.3 Å². The zero-order chi connectivity index (χ0) is 13.9. The van der Waals surface area contributed by atoms with E-state index in [-0.39, 0.29) is 12.0 Å². The summed E-state index contributed by atoms with van der Waals surface area (Å²) in [7, 11) is 0. The second-order valence-corrected chi connectivity index (χ2v) is 5.61. The molecule has 0 saturated carbocycles. The van der Waals surface area contributed by atoms with Gasteiger partial charge in [0, 0.05) is 12.2 Å². The summed E-state index contributed by atoms with van der Waals surface area (Å²) in [4.78, 5) is 10.6. The zero-order valence-corrected chi connectivity index (χ0v) is 11.4. The predicted molar refractivity (Wildman–Crippen MR) is 74.0 cm³/mol. The standard InChI is InChI=1S/C14H22N2O2/c1-9-7-10(14(2,3)4)5-6-12(9)16-8-11(15)13(17)18/h5-7,11,16H,8,15H2,1-4H3,(H,17,18). The maximum absolute atomic E-state index is 10.6. The van der Waals surface area contributed by atoms with Gasteiger partial charge in [0.15, 0.2) is 0 Å². The van der Waals surface area contributed by atoms with Crippen molar-refractivity contribution in [1.82, 2.24) is 0 Å². The summed E-state index contributed by atoms with van der Waals surface area (Å²) >= 11 is 0. The highest BCUT2D eigenvalue weighted by Gasteiger charge is 2.15. The van der Waals surface area contributed by atoms with Gasteiger partial charge in [-0.05, 0) is 29.5 Å². The van der Waals surface area contributed by atoms with E-state index in [1.54, 1.807) is 0 Å². The number of nitrogens with two attached hydrogens (primary N) is 1. The van der Waals surface area contributed by atoms with Gasteiger partial charge in [0.1, 0.15) is 6.04 Å². The van der Waals surface area contributed by atoms with E-state index in [0.29, 0.717) is 0 Å². The largest absolute Gasteiger partial charge is 0.480 e. The summed E-state index contributed by atoms with van der Waals surface area (Å²) in [5.41, 5.74) is 8.85. The van der Waals surface area contributed by atoms with Crippen LogP contribution in [0.25, 0.3) is 0 Å². The van der Waals surface area contributed by atoms with Crippen LogP contribution in [0.1, 0.15) is 31.9 Å². The van der Waals surface area contributed by atoms with Gasteiger partial charge >= 0.3 is 5.97 Å². The van der Waals surface area contributed by atoms with E-state index in [1.807, 2.05) is 13.0 Å². The number of anilines is 1. The van der Waals surface area contributed by atoms with Gasteiger partial charge in [0.2, 0.25) is 0 Å². The van der Waals surface area contributed by atoms with Gasteiger partial charge < -0.3 is 16.2 Å². The average molecular weight is 250 g/mol. The zero-order valence-electron chi connectivity index (χ0n) is 11.4. The van der Waals surface area contributed by atoms with Gasteiger partial charge in [-0.15, -0.1) is 0 Å². The lowest BCUT2D eigenvalue weighted by Crippen LogP contribution is -2.37. The third-order valence-corrected chi connectivity index (χ3v) is 2.92. The van der Waals surface area contributed by atoms with Gasteiger partial charge in [-0.1, -0.05) is 32.9 Å². The minimum atomic E-state index is -0.994. The topological polar surface area (TPSA) is 75.3 Å². The molecule has 0 aliphatic rings. The molecule has 1 unspecified atom stereocenters. The Morgan fingerprint density at radius 3 is 2.50 bits per heavy atom. The molecule has 0 heterocycles. The molecule has 0 spiro atoms. The number of carboxylic acids is 1. The van der Waals surface area contributed by atoms with Crippen LogP contribution in [0, 0.1) is 6.92 Å². The second-order valence-electron chi connectivity index (χ2n) is 5.61. The normalized spacial score (nSPS) is 13.2. The molecule has 1 aromatic rings. The molecule has 0 aliphatic carbocycles. The number of carboxylic acid groups (broad SMARTS) is 1. The Balaban J connectivity index is 2.78. The smallest absolute Gasteiger partial charge is 0.322 e. The lowest BCUT2D eigenvalue weighted by Gasteiger charge is -2.21. The van der Waals surface area contributed by atoms with Crippen molar-refractivity contribution in [3.05, 3.63) is 29.3 Å². The monoisotopic (exact) mass is 250 g/mol. The molecule has 100 valence electrons. The maximum Gasteiger partial charge on any atom is 0.322 e. The first kappa shape index (κ1) is 14.5. The Hall–Kier alpha value is -1.55. The van der Waals surface area contributed by atoms with Crippen LogP contribution < -0.4 is 11.1 Å². The molecule has 0 amide bonds. The molecule has 0 saturated heterocycles. The molecule has 0 fully saturated rings. The predicted octanol–water partition coefficient (Wildman–Crippen LogP) is 2.12. The number of nitrogens with one attached hydrogen (secondary N) is 1. The van der Waals surface area contributed by atoms with Crippen LogP contribution in [0.3, 0.4) is 0 Å². The van der Waals surface area contributed by atoms with Gasteiger partial charge in [-0.25, -0.2) is 0 Å². The van der Waals surface area contributed by atoms with E-state index in [9.17, 15) is 4.79 Å². The Labute approximate surface area is 108 Å². The van der Waals surface area contributed by atoms with Crippen molar-refractivity contribution in [3.63, 3.8) is 0 Å². The molecule has 4 N–H and O–H groups in total. The first-order valence-electron chi connectivity index (χ1n) is 6.05. The molecule has 0 radical (unpaired) electrons. The number of rotatable bonds is 4. The van der Waals surface area contributed by atoms with Crippen LogP contribution in [0.5, 0.6) is 0 Å². The summed E-state index contributed by atoms with van der Waals surface area (Å²) < 4.78 is 0. The minimum Gasteiger partial charge on any atom is -0.480 e. The van der Waals surface area contributed by atoms with Crippen molar-refractivity contribution in [2.24, 2.45) is 5.73 Å². The fourth-order valence-electron chi connectivity index (χ4n) is 1.64. The van der Waals surface area contributed by atoms with Gasteiger partial charge in [-0.2, -0.15) is 0 Å². The molecule has 4 heteroatoms. The van der Waals surface area contributed by atoms with E-state index < -0.39 is 12.0 Å². The summed E-state index contributed by atoms with van der Waals surface area (Å²) in [6.07, 6.45) is 0. The molecule has 1 rings (SSSR count). The Bertz CT molecular complexity index is 436. The van der Waals surface area contributed by atoms with Crippen LogP contribution in [0.4, 0.5) is 5.69 Å². The van der Waals surface area contributed by atoms with E-state index in [1.165, 1.54) is 5.56 Å². The molecule has 18 heavy (non-hydrogen) atoms. The molecule has 0 aliphatic heterocycles. The molecular formula is C14H22N2O2. The summed E-state index contributed by atoms with van der Waals surface area (Å²) in [5, 5.41) is 11.8. The third kappa shape index (κ3) is 3.74. The fraction of sp³-hybridized carbons (Fsp3) is 0.500. The highest BCUT2D eigenvalue weighted by molar-refractivity contribution is 5.74. The molecule has 4 nitrogen and oxygen atoms in total. The highest BCUT2D eigenvalue weighted by Crippen LogP contribution is 2.26. The van der Waals surface area contributed by atoms with Crippen molar-refractivity contribution < 1.29 is 9.90 Å². The molecule has 1 atom stereocenters. The van der Waals surface area contributed by atoms with Crippen molar-refractivity contribution in [2.45, 2.75) is 39.2 Å². The Morgan fingerprint density at radius 1 is 1.44 bits per heavy atom. The number of aryl methyl sites for hydroxylation is 1. The van der Waals surface area contributed by atoms with Crippen molar-refractivity contribution in [1.29, 1.82) is 0 Å². The van der Waals surface area contributed by atoms with Crippen molar-refractivity contribution >= 4 is 11.7 Å². The van der Waals surface area contributed by atoms with Crippen LogP contribution in [-0.2, 0) is 10.2 Å². The summed E-state index contributed by atoms with van der Waals surface area (Å²) in [5.74, 6) is -0.994. The highest BCUT2D eigenvalue weighted by atomic mass is 16.4. The molecule has 0 bridgehead atoms. The number of aliphatic carboxylic acids is 1. The first-order chi connectivity index (χ1) is 8.21. The molecule has 0 aromatic heterocycles. The number of benzene rings is 1. The fourth-order valence-corrected chi connectivity index (χ4v) is 1.64. The number of hydrogen-bond donors (Lipinski definition) is 3. The quantitative estimate of drug-likeness (QED) is 0.765. The van der Waals surface area contributed by atoms with Gasteiger partial charge in [-0.3, -0.25) is 4.79 Å². The van der Waals surface area contributed by atoms with E-state index in [2.05, 4.69) is 38.2 Å². The van der Waals surface area contributed by atoms with Crippen LogP contribution in [0.2, 0.25) is 0 Å². The lowest BCUT2D eigenvalue weighted by molar-refractivity contribution is -0.138. The third-order valence-electron chi connectivity index (χ3n) is 2.92. The summed E-state index contributed by atoms with van der Waals surface area (Å²) in [6.45, 7) is 8.72. The van der Waals surface area contributed by atoms with Crippen molar-refractivity contribution in [3.8, 4) is 0 Å². The molecule has 1 aromatic carbocycles. The number of hydrogen-bond acceptors (Lipinski definition) is 3. The SMILES string of the molecule is Cc1cc(C(C)(C)C)ccc1NCC(N)C(=O)O. The second kappa shape index (κ2) is 5.40. The van der Waals surface area contributed by atoms with Crippen LogP contribution >= 0.6 is 0 Å². The number of carbonyl (C=O) groups is 1. The molecular weight excluding hydrogens is 228 g/mol. The van der Waals surface area contributed by atoms with Crippen LogP contribution in [0.15, 0.2) is 18.2 Å². The maximum atomic E-state index is 10.6. The first-order valence-corrected chi connectivity index (χ1v) is 6.05. The average Bonchev–Trinajstić information content (AvgIpc) is 2.25. The lowest BCUT2D eigenvalue weighted by atomic mass is 9.86. The van der Waals surface area contributed by atoms with E-state index in [4.69, 9.17) is 10.8 Å². The van der Waals surface area contributed by atoms with Gasteiger partial charge in [0.05, 0.1) is 0 Å². The van der Waals surface area contributed by atoms with E-state index >= 15 is 0 Å². The minimum absolute atomic E-state index is 0.112.